The normalized spacial score (nSPS) is 14.4. The number of amides is 1. The van der Waals surface area contributed by atoms with Crippen molar-refractivity contribution in [2.75, 3.05) is 57.2 Å². The molecule has 11 heteroatoms. The smallest absolute Gasteiger partial charge is 0.272 e. The maximum Gasteiger partial charge on any atom is 0.272 e. The first kappa shape index (κ1) is 23.3. The van der Waals surface area contributed by atoms with Crippen molar-refractivity contribution in [3.8, 4) is 16.6 Å². The minimum absolute atomic E-state index is 0.315. The third-order valence-corrected chi connectivity index (χ3v) is 6.77. The van der Waals surface area contributed by atoms with E-state index in [0.29, 0.717) is 33.0 Å². The number of halogens is 1. The monoisotopic (exact) mass is 490 g/mol. The van der Waals surface area contributed by atoms with Crippen molar-refractivity contribution in [3.63, 3.8) is 0 Å². The van der Waals surface area contributed by atoms with Crippen LogP contribution < -0.4 is 19.7 Å². The summed E-state index contributed by atoms with van der Waals surface area (Å²) in [7, 11) is 3.04. The van der Waals surface area contributed by atoms with Gasteiger partial charge in [-0.25, -0.2) is 0 Å². The molecule has 1 amide bonds. The lowest BCUT2D eigenvalue weighted by Gasteiger charge is -2.33. The van der Waals surface area contributed by atoms with Gasteiger partial charge in [-0.15, -0.1) is 10.2 Å². The summed E-state index contributed by atoms with van der Waals surface area (Å²) in [6, 6.07) is 6.77. The Bertz CT molecular complexity index is 1110. The lowest BCUT2D eigenvalue weighted by molar-refractivity contribution is 0.102. The molecule has 1 aliphatic heterocycles. The molecule has 0 spiro atoms. The number of carbonyl (C=O) groups excluding carboxylic acids is 1. The van der Waals surface area contributed by atoms with Crippen LogP contribution in [0.3, 0.4) is 0 Å². The summed E-state index contributed by atoms with van der Waals surface area (Å²) in [6.45, 7) is 7.21. The highest BCUT2D eigenvalue weighted by Gasteiger charge is 2.22. The fourth-order valence-electron chi connectivity index (χ4n) is 3.79. The first-order valence-corrected chi connectivity index (χ1v) is 11.9. The molecule has 0 saturated carbocycles. The van der Waals surface area contributed by atoms with Gasteiger partial charge in [0.2, 0.25) is 10.3 Å². The van der Waals surface area contributed by atoms with E-state index in [1.165, 1.54) is 25.6 Å². The predicted octanol–water partition coefficient (Wildman–Crippen LogP) is 3.78. The van der Waals surface area contributed by atoms with Crippen molar-refractivity contribution in [1.29, 1.82) is 0 Å². The largest absolute Gasteiger partial charge is 0.495 e. The van der Waals surface area contributed by atoms with Gasteiger partial charge in [-0.3, -0.25) is 14.3 Å². The lowest BCUT2D eigenvalue weighted by atomic mass is 10.2. The first-order valence-electron chi connectivity index (χ1n) is 10.8. The van der Waals surface area contributed by atoms with Crippen LogP contribution in [0.2, 0.25) is 5.02 Å². The maximum atomic E-state index is 13.1. The van der Waals surface area contributed by atoms with E-state index in [2.05, 4.69) is 32.2 Å². The summed E-state index contributed by atoms with van der Waals surface area (Å²) in [5.41, 5.74) is 0.878. The molecule has 3 aromatic rings. The average Bonchev–Trinajstić information content (AvgIpc) is 3.50. The van der Waals surface area contributed by atoms with Crippen LogP contribution in [-0.2, 0) is 0 Å². The Kier molecular flexibility index (Phi) is 7.36. The van der Waals surface area contributed by atoms with Gasteiger partial charge in [0.15, 0.2) is 0 Å². The Balaban J connectivity index is 1.50. The zero-order chi connectivity index (χ0) is 23.4. The van der Waals surface area contributed by atoms with Gasteiger partial charge in [-0.05, 0) is 31.2 Å². The van der Waals surface area contributed by atoms with E-state index in [9.17, 15) is 4.79 Å². The molecule has 0 bridgehead atoms. The van der Waals surface area contributed by atoms with Crippen LogP contribution in [0.25, 0.3) is 5.13 Å². The molecule has 1 aromatic carbocycles. The van der Waals surface area contributed by atoms with Gasteiger partial charge in [-0.1, -0.05) is 29.9 Å². The molecule has 2 aromatic heterocycles. The number of aromatic nitrogens is 3. The summed E-state index contributed by atoms with van der Waals surface area (Å²) >= 11 is 7.71. The molecule has 1 saturated heterocycles. The SMILES string of the molecule is CCCN1CCN(c2nnc(-n3cccc3C(=O)Nc3cc(Cl)c(OC)cc3OC)s2)CC1. The number of piperazine rings is 1. The van der Waals surface area contributed by atoms with E-state index in [-0.39, 0.29) is 5.91 Å². The van der Waals surface area contributed by atoms with Crippen LogP contribution in [0.1, 0.15) is 23.8 Å². The third-order valence-electron chi connectivity index (χ3n) is 5.50. The summed E-state index contributed by atoms with van der Waals surface area (Å²) in [5.74, 6) is 0.597. The van der Waals surface area contributed by atoms with Gasteiger partial charge in [0.1, 0.15) is 17.2 Å². The number of rotatable bonds is 8. The van der Waals surface area contributed by atoms with Gasteiger partial charge < -0.3 is 19.7 Å². The first-order chi connectivity index (χ1) is 16.0. The average molecular weight is 491 g/mol. The summed E-state index contributed by atoms with van der Waals surface area (Å²) in [5, 5.41) is 13.5. The molecule has 0 atom stereocenters. The maximum absolute atomic E-state index is 13.1. The van der Waals surface area contributed by atoms with Crippen molar-refractivity contribution in [1.82, 2.24) is 19.7 Å². The van der Waals surface area contributed by atoms with E-state index in [0.717, 1.165) is 44.3 Å². The highest BCUT2D eigenvalue weighted by molar-refractivity contribution is 7.17. The van der Waals surface area contributed by atoms with Crippen LogP contribution in [0.15, 0.2) is 30.5 Å². The number of ether oxygens (including phenoxy) is 2. The quantitative estimate of drug-likeness (QED) is 0.514. The number of hydrogen-bond donors (Lipinski definition) is 1. The number of hydrogen-bond acceptors (Lipinski definition) is 8. The second-order valence-corrected chi connectivity index (χ2v) is 8.94. The lowest BCUT2D eigenvalue weighted by Crippen LogP contribution is -2.46. The van der Waals surface area contributed by atoms with Crippen molar-refractivity contribution < 1.29 is 14.3 Å². The molecule has 0 unspecified atom stereocenters. The summed E-state index contributed by atoms with van der Waals surface area (Å²) in [4.78, 5) is 17.8. The molecule has 1 aliphatic rings. The zero-order valence-electron chi connectivity index (χ0n) is 18.9. The minimum Gasteiger partial charge on any atom is -0.495 e. The van der Waals surface area contributed by atoms with Crippen molar-refractivity contribution in [2.45, 2.75) is 13.3 Å². The Morgan fingerprint density at radius 1 is 1.12 bits per heavy atom. The molecule has 1 fully saturated rings. The topological polar surface area (TPSA) is 84.8 Å². The Morgan fingerprint density at radius 2 is 1.85 bits per heavy atom. The molecule has 1 N–H and O–H groups in total. The summed E-state index contributed by atoms with van der Waals surface area (Å²) < 4.78 is 12.3. The molecular formula is C22H27ClN6O3S. The van der Waals surface area contributed by atoms with E-state index >= 15 is 0 Å². The molecule has 0 aliphatic carbocycles. The second-order valence-electron chi connectivity index (χ2n) is 7.60. The predicted molar refractivity (Wildman–Crippen MR) is 131 cm³/mol. The molecule has 4 rings (SSSR count). The fraction of sp³-hybridized carbons (Fsp3) is 0.409. The Labute approximate surface area is 201 Å². The molecule has 33 heavy (non-hydrogen) atoms. The van der Waals surface area contributed by atoms with Crippen LogP contribution in [0.4, 0.5) is 10.8 Å². The second kappa shape index (κ2) is 10.4. The van der Waals surface area contributed by atoms with Crippen LogP contribution in [-0.4, -0.2) is 72.5 Å². The van der Waals surface area contributed by atoms with E-state index in [1.54, 1.807) is 35.0 Å². The molecule has 3 heterocycles. The molecular weight excluding hydrogens is 464 g/mol. The van der Waals surface area contributed by atoms with Crippen molar-refractivity contribution in [3.05, 3.63) is 41.2 Å². The zero-order valence-corrected chi connectivity index (χ0v) is 20.4. The highest BCUT2D eigenvalue weighted by atomic mass is 35.5. The summed E-state index contributed by atoms with van der Waals surface area (Å²) in [6.07, 6.45) is 2.96. The van der Waals surface area contributed by atoms with E-state index in [1.807, 2.05) is 0 Å². The van der Waals surface area contributed by atoms with Crippen molar-refractivity contribution >= 4 is 39.7 Å². The van der Waals surface area contributed by atoms with Crippen LogP contribution in [0.5, 0.6) is 11.5 Å². The minimum atomic E-state index is -0.315. The molecule has 176 valence electrons. The van der Waals surface area contributed by atoms with Gasteiger partial charge in [-0.2, -0.15) is 0 Å². The number of anilines is 2. The number of benzene rings is 1. The number of carbonyl (C=O) groups is 1. The number of methoxy groups -OCH3 is 2. The molecule has 0 radical (unpaired) electrons. The van der Waals surface area contributed by atoms with Gasteiger partial charge in [0.25, 0.3) is 5.91 Å². The van der Waals surface area contributed by atoms with Crippen LogP contribution in [0, 0.1) is 0 Å². The Hall–Kier alpha value is -2.82. The van der Waals surface area contributed by atoms with Gasteiger partial charge >= 0.3 is 0 Å². The highest BCUT2D eigenvalue weighted by Crippen LogP contribution is 2.36. The standard InChI is InChI=1S/C22H27ClN6O3S/c1-4-7-27-9-11-28(12-10-27)21-25-26-22(33-21)29-8-5-6-17(29)20(30)24-16-13-15(23)18(31-2)14-19(16)32-3/h5-6,8,13-14H,4,7,9-12H2,1-3H3,(H,24,30). The van der Waals surface area contributed by atoms with E-state index < -0.39 is 0 Å². The Morgan fingerprint density at radius 3 is 2.55 bits per heavy atom. The van der Waals surface area contributed by atoms with Gasteiger partial charge in [0, 0.05) is 38.4 Å². The van der Waals surface area contributed by atoms with Gasteiger partial charge in [0.05, 0.1) is 24.9 Å². The van der Waals surface area contributed by atoms with E-state index in [4.69, 9.17) is 21.1 Å². The van der Waals surface area contributed by atoms with Crippen molar-refractivity contribution in [2.24, 2.45) is 0 Å². The van der Waals surface area contributed by atoms with Crippen LogP contribution >= 0.6 is 22.9 Å². The third kappa shape index (κ3) is 5.07. The fourth-order valence-corrected chi connectivity index (χ4v) is 4.93. The molecule has 9 nitrogen and oxygen atoms in total. The number of nitrogens with zero attached hydrogens (tertiary/aromatic N) is 5. The number of nitrogens with one attached hydrogen (secondary N) is 1.